The number of hydrogen-bond acceptors (Lipinski definition) is 5. The van der Waals surface area contributed by atoms with Crippen LogP contribution in [0.25, 0.3) is 0 Å². The second-order valence-corrected chi connectivity index (χ2v) is 5.69. The molecule has 1 fully saturated rings. The van der Waals surface area contributed by atoms with E-state index in [0.29, 0.717) is 32.6 Å². The molecule has 1 rings (SSSR count). The van der Waals surface area contributed by atoms with Crippen molar-refractivity contribution in [3.8, 4) is 0 Å². The van der Waals surface area contributed by atoms with Gasteiger partial charge in [0.1, 0.15) is 0 Å². The summed E-state index contributed by atoms with van der Waals surface area (Å²) < 4.78 is 5.21. The predicted octanol–water partition coefficient (Wildman–Crippen LogP) is -0.306. The summed E-state index contributed by atoms with van der Waals surface area (Å²) in [4.78, 5) is 24.8. The van der Waals surface area contributed by atoms with Crippen LogP contribution < -0.4 is 10.6 Å². The van der Waals surface area contributed by atoms with Crippen LogP contribution in [0.5, 0.6) is 0 Å². The zero-order chi connectivity index (χ0) is 15.2. The van der Waals surface area contributed by atoms with Crippen molar-refractivity contribution in [3.63, 3.8) is 0 Å². The van der Waals surface area contributed by atoms with Crippen molar-refractivity contribution in [2.24, 2.45) is 0 Å². The van der Waals surface area contributed by atoms with Crippen LogP contribution in [0, 0.1) is 0 Å². The highest BCUT2D eigenvalue weighted by Gasteiger charge is 2.31. The van der Waals surface area contributed by atoms with Crippen molar-refractivity contribution in [2.75, 3.05) is 33.4 Å². The third-order valence-corrected chi connectivity index (χ3v) is 3.07. The number of aliphatic hydroxyl groups is 1. The average Bonchev–Trinajstić information content (AvgIpc) is 2.26. The molecule has 7 nitrogen and oxygen atoms in total. The van der Waals surface area contributed by atoms with Gasteiger partial charge in [-0.1, -0.05) is 0 Å². The van der Waals surface area contributed by atoms with Gasteiger partial charge >= 0.3 is 6.03 Å². The van der Waals surface area contributed by atoms with Gasteiger partial charge in [0, 0.05) is 38.6 Å². The Morgan fingerprint density at radius 2 is 1.95 bits per heavy atom. The van der Waals surface area contributed by atoms with Gasteiger partial charge in [-0.2, -0.15) is 0 Å². The van der Waals surface area contributed by atoms with Crippen molar-refractivity contribution in [1.29, 1.82) is 0 Å². The number of nitrogens with zero attached hydrogens (tertiary/aromatic N) is 1. The molecule has 0 atom stereocenters. The van der Waals surface area contributed by atoms with Crippen LogP contribution in [0.4, 0.5) is 4.79 Å². The molecule has 116 valence electrons. The smallest absolute Gasteiger partial charge is 0.321 e. The third kappa shape index (κ3) is 6.31. The number of carbonyl (C=O) groups is 2. The van der Waals surface area contributed by atoms with E-state index in [4.69, 9.17) is 4.74 Å². The van der Waals surface area contributed by atoms with Crippen molar-refractivity contribution in [2.45, 2.75) is 38.3 Å². The fraction of sp³-hybridized carbons (Fsp3) is 0.846. The van der Waals surface area contributed by atoms with Crippen LogP contribution >= 0.6 is 0 Å². The quantitative estimate of drug-likeness (QED) is 0.645. The van der Waals surface area contributed by atoms with Crippen molar-refractivity contribution < 1.29 is 19.4 Å². The van der Waals surface area contributed by atoms with Crippen LogP contribution in [0.15, 0.2) is 0 Å². The fourth-order valence-electron chi connectivity index (χ4n) is 2.18. The number of hydrogen-bond donors (Lipinski definition) is 3. The number of carbonyl (C=O) groups excluding carboxylic acids is 2. The molecule has 1 aliphatic rings. The van der Waals surface area contributed by atoms with Gasteiger partial charge in [-0.25, -0.2) is 4.79 Å². The largest absolute Gasteiger partial charge is 0.388 e. The molecule has 0 aromatic carbocycles. The summed E-state index contributed by atoms with van der Waals surface area (Å²) in [5.41, 5.74) is -0.812. The maximum atomic E-state index is 11.7. The Hall–Kier alpha value is -1.18. The number of urea groups is 1. The Kier molecular flexibility index (Phi) is 6.38. The molecule has 20 heavy (non-hydrogen) atoms. The second-order valence-electron chi connectivity index (χ2n) is 5.69. The van der Waals surface area contributed by atoms with Gasteiger partial charge in [-0.05, 0) is 20.9 Å². The lowest BCUT2D eigenvalue weighted by atomic mass is 9.94. The Balaban J connectivity index is 2.32. The molecule has 1 aliphatic heterocycles. The fourth-order valence-corrected chi connectivity index (χ4v) is 2.18. The molecule has 0 bridgehead atoms. The average molecular weight is 287 g/mol. The third-order valence-electron chi connectivity index (χ3n) is 3.07. The number of ether oxygens (including phenoxy) is 1. The van der Waals surface area contributed by atoms with Crippen molar-refractivity contribution in [1.82, 2.24) is 15.5 Å². The first-order chi connectivity index (χ1) is 9.31. The Morgan fingerprint density at radius 1 is 1.35 bits per heavy atom. The molecule has 0 saturated carbocycles. The van der Waals surface area contributed by atoms with E-state index in [0.717, 1.165) is 0 Å². The first-order valence-corrected chi connectivity index (χ1v) is 6.90. The lowest BCUT2D eigenvalue weighted by molar-refractivity contribution is -0.122. The summed E-state index contributed by atoms with van der Waals surface area (Å²) >= 11 is 0. The standard InChI is InChI=1S/C13H25N3O4/c1-10(2)14-12(18)15-11(17)8-16(3)9-13(19)4-6-20-7-5-13/h10,19H,4-9H2,1-3H3,(H2,14,15,17,18). The summed E-state index contributed by atoms with van der Waals surface area (Å²) in [6.07, 6.45) is 1.12. The molecule has 0 spiro atoms. The van der Waals surface area contributed by atoms with E-state index >= 15 is 0 Å². The minimum atomic E-state index is -0.812. The minimum absolute atomic E-state index is 0.0246. The van der Waals surface area contributed by atoms with Crippen molar-refractivity contribution >= 4 is 11.9 Å². The van der Waals surface area contributed by atoms with E-state index in [-0.39, 0.29) is 18.5 Å². The number of rotatable bonds is 5. The van der Waals surface area contributed by atoms with Crippen LogP contribution in [-0.4, -0.2) is 66.9 Å². The van der Waals surface area contributed by atoms with Gasteiger partial charge in [0.25, 0.3) is 0 Å². The van der Waals surface area contributed by atoms with E-state index in [1.165, 1.54) is 0 Å². The molecule has 1 heterocycles. The second kappa shape index (κ2) is 7.56. The lowest BCUT2D eigenvalue weighted by Gasteiger charge is -2.35. The highest BCUT2D eigenvalue weighted by Crippen LogP contribution is 2.20. The number of nitrogens with one attached hydrogen (secondary N) is 2. The zero-order valence-electron chi connectivity index (χ0n) is 12.4. The first kappa shape index (κ1) is 16.9. The molecule has 3 amide bonds. The Bertz CT molecular complexity index is 341. The van der Waals surface area contributed by atoms with E-state index in [9.17, 15) is 14.7 Å². The summed E-state index contributed by atoms with van der Waals surface area (Å²) in [6.45, 7) is 5.15. The van der Waals surface area contributed by atoms with Gasteiger partial charge in [-0.3, -0.25) is 15.0 Å². The summed E-state index contributed by atoms with van der Waals surface area (Å²) in [6, 6.07) is -0.522. The van der Waals surface area contributed by atoms with Crippen LogP contribution in [-0.2, 0) is 9.53 Å². The number of amides is 3. The number of likely N-dealkylation sites (N-methyl/N-ethyl adjacent to an activating group) is 1. The molecular formula is C13H25N3O4. The molecule has 3 N–H and O–H groups in total. The maximum absolute atomic E-state index is 11.7. The first-order valence-electron chi connectivity index (χ1n) is 6.90. The van der Waals surface area contributed by atoms with E-state index in [1.807, 2.05) is 13.8 Å². The van der Waals surface area contributed by atoms with Gasteiger partial charge in [-0.15, -0.1) is 0 Å². The monoisotopic (exact) mass is 287 g/mol. The molecule has 1 saturated heterocycles. The van der Waals surface area contributed by atoms with E-state index in [1.54, 1.807) is 11.9 Å². The highest BCUT2D eigenvalue weighted by molar-refractivity contribution is 5.95. The van der Waals surface area contributed by atoms with Gasteiger partial charge < -0.3 is 15.2 Å². The highest BCUT2D eigenvalue weighted by atomic mass is 16.5. The summed E-state index contributed by atoms with van der Waals surface area (Å²) in [5.74, 6) is -0.388. The molecule has 0 radical (unpaired) electrons. The molecule has 7 heteroatoms. The van der Waals surface area contributed by atoms with Crippen LogP contribution in [0.1, 0.15) is 26.7 Å². The maximum Gasteiger partial charge on any atom is 0.321 e. The zero-order valence-corrected chi connectivity index (χ0v) is 12.4. The van der Waals surface area contributed by atoms with Gasteiger partial charge in [0.2, 0.25) is 5.91 Å². The number of imide groups is 1. The molecular weight excluding hydrogens is 262 g/mol. The molecule has 0 aliphatic carbocycles. The Morgan fingerprint density at radius 3 is 2.50 bits per heavy atom. The topological polar surface area (TPSA) is 90.9 Å². The Labute approximate surface area is 119 Å². The van der Waals surface area contributed by atoms with Gasteiger partial charge in [0.05, 0.1) is 12.1 Å². The molecule has 0 aromatic rings. The van der Waals surface area contributed by atoms with Crippen LogP contribution in [0.2, 0.25) is 0 Å². The van der Waals surface area contributed by atoms with E-state index in [2.05, 4.69) is 10.6 Å². The SMILES string of the molecule is CC(C)NC(=O)NC(=O)CN(C)CC1(O)CCOCC1. The van der Waals surface area contributed by atoms with E-state index < -0.39 is 11.6 Å². The normalized spacial score (nSPS) is 18.1. The predicted molar refractivity (Wildman–Crippen MR) is 74.3 cm³/mol. The van der Waals surface area contributed by atoms with Crippen molar-refractivity contribution in [3.05, 3.63) is 0 Å². The molecule has 0 unspecified atom stereocenters. The summed E-state index contributed by atoms with van der Waals surface area (Å²) in [7, 11) is 1.74. The lowest BCUT2D eigenvalue weighted by Crippen LogP contribution is -2.50. The van der Waals surface area contributed by atoms with Crippen LogP contribution in [0.3, 0.4) is 0 Å². The minimum Gasteiger partial charge on any atom is -0.388 e. The summed E-state index contributed by atoms with van der Waals surface area (Å²) in [5, 5.41) is 15.2. The van der Waals surface area contributed by atoms with Gasteiger partial charge in [0.15, 0.2) is 0 Å². The molecule has 0 aromatic heterocycles.